The second kappa shape index (κ2) is 13.4. The fraction of sp³-hybridized carbons (Fsp3) is 0.583. The quantitative estimate of drug-likeness (QED) is 0.173. The molecular weight excluding hydrogens is 471 g/mol. The lowest BCUT2D eigenvalue weighted by Gasteiger charge is -2.32. The van der Waals surface area contributed by atoms with E-state index in [4.69, 9.17) is 11.6 Å². The Balaban J connectivity index is 1.93. The van der Waals surface area contributed by atoms with Crippen molar-refractivity contribution < 1.29 is 18.0 Å². The number of piperidine rings is 1. The van der Waals surface area contributed by atoms with E-state index in [0.717, 1.165) is 19.4 Å². The number of likely N-dealkylation sites (tertiary alicyclic amines) is 1. The number of hydrogen-bond acceptors (Lipinski definition) is 4. The fourth-order valence-electron chi connectivity index (χ4n) is 3.71. The molecule has 0 atom stereocenters. The molecule has 1 fully saturated rings. The van der Waals surface area contributed by atoms with E-state index < -0.39 is 12.6 Å². The molecule has 1 aliphatic rings. The number of nitrogens with one attached hydrogen (secondary N) is 1. The molecule has 1 heterocycles. The van der Waals surface area contributed by atoms with E-state index >= 15 is 0 Å². The van der Waals surface area contributed by atoms with Gasteiger partial charge in [0.25, 0.3) is 5.91 Å². The monoisotopic (exact) mass is 503 g/mol. The van der Waals surface area contributed by atoms with Crippen LogP contribution in [0.1, 0.15) is 63.5 Å². The van der Waals surface area contributed by atoms with Gasteiger partial charge < -0.3 is 10.2 Å². The van der Waals surface area contributed by atoms with Crippen LogP contribution in [0.2, 0.25) is 5.02 Å². The normalized spacial score (nSPS) is 16.4. The Morgan fingerprint density at radius 1 is 1.27 bits per heavy atom. The van der Waals surface area contributed by atoms with Crippen LogP contribution in [0.25, 0.3) is 0 Å². The van der Waals surface area contributed by atoms with Gasteiger partial charge >= 0.3 is 6.18 Å². The average molecular weight is 504 g/mol. The summed E-state index contributed by atoms with van der Waals surface area (Å²) < 4.78 is 38.0. The maximum atomic E-state index is 12.8. The SMILES string of the molecule is CCCCCCNC1CCN(C(=O)/C(S)=C(\C)N=Cc2cc(CC(F)(F)F)ccc2Cl)CC1. The van der Waals surface area contributed by atoms with Crippen molar-refractivity contribution in [2.75, 3.05) is 19.6 Å². The summed E-state index contributed by atoms with van der Waals surface area (Å²) in [4.78, 5) is 19.0. The van der Waals surface area contributed by atoms with Crippen LogP contribution in [0.5, 0.6) is 0 Å². The van der Waals surface area contributed by atoms with E-state index in [-0.39, 0.29) is 21.4 Å². The fourth-order valence-corrected chi connectivity index (χ4v) is 4.08. The van der Waals surface area contributed by atoms with Crippen LogP contribution in [0.15, 0.2) is 33.8 Å². The van der Waals surface area contributed by atoms with Crippen molar-refractivity contribution in [1.29, 1.82) is 0 Å². The van der Waals surface area contributed by atoms with Gasteiger partial charge in [0.05, 0.1) is 17.0 Å². The summed E-state index contributed by atoms with van der Waals surface area (Å²) in [6, 6.07) is 4.53. The van der Waals surface area contributed by atoms with Gasteiger partial charge in [0, 0.05) is 35.9 Å². The number of alkyl halides is 3. The zero-order chi connectivity index (χ0) is 24.4. The maximum absolute atomic E-state index is 12.8. The van der Waals surface area contributed by atoms with Crippen molar-refractivity contribution in [2.45, 2.75) is 71.0 Å². The molecule has 0 bridgehead atoms. The highest BCUT2D eigenvalue weighted by Gasteiger charge is 2.28. The molecular formula is C24H33ClF3N3OS. The van der Waals surface area contributed by atoms with E-state index in [1.54, 1.807) is 11.8 Å². The van der Waals surface area contributed by atoms with Gasteiger partial charge in [-0.15, -0.1) is 12.6 Å². The number of carbonyl (C=O) groups excluding carboxylic acids is 1. The van der Waals surface area contributed by atoms with Crippen LogP contribution in [0.4, 0.5) is 13.2 Å². The molecule has 0 unspecified atom stereocenters. The van der Waals surface area contributed by atoms with Crippen LogP contribution < -0.4 is 5.32 Å². The minimum Gasteiger partial charge on any atom is -0.338 e. The van der Waals surface area contributed by atoms with Crippen LogP contribution >= 0.6 is 24.2 Å². The van der Waals surface area contributed by atoms with Crippen molar-refractivity contribution >= 4 is 36.4 Å². The first-order valence-corrected chi connectivity index (χ1v) is 12.2. The molecule has 1 aromatic rings. The number of nitrogens with zero attached hydrogens (tertiary/aromatic N) is 2. The second-order valence-electron chi connectivity index (χ2n) is 8.42. The van der Waals surface area contributed by atoms with E-state index in [1.807, 2.05) is 0 Å². The molecule has 1 N–H and O–H groups in total. The molecule has 0 aromatic heterocycles. The number of carbonyl (C=O) groups is 1. The first kappa shape index (κ1) is 27.7. The number of benzene rings is 1. The Morgan fingerprint density at radius 2 is 1.97 bits per heavy atom. The first-order chi connectivity index (χ1) is 15.6. The van der Waals surface area contributed by atoms with Crippen molar-refractivity contribution in [3.63, 3.8) is 0 Å². The summed E-state index contributed by atoms with van der Waals surface area (Å²) in [5.74, 6) is -0.189. The number of amides is 1. The number of allylic oxidation sites excluding steroid dienone is 1. The van der Waals surface area contributed by atoms with E-state index in [1.165, 1.54) is 50.1 Å². The Kier molecular flexibility index (Phi) is 11.3. The lowest BCUT2D eigenvalue weighted by Crippen LogP contribution is -2.45. The molecule has 0 saturated carbocycles. The third-order valence-electron chi connectivity index (χ3n) is 5.65. The number of rotatable bonds is 10. The van der Waals surface area contributed by atoms with E-state index in [2.05, 4.69) is 29.9 Å². The molecule has 0 spiro atoms. The van der Waals surface area contributed by atoms with Crippen molar-refractivity contribution in [3.05, 3.63) is 45.0 Å². The predicted molar refractivity (Wildman–Crippen MR) is 132 cm³/mol. The summed E-state index contributed by atoms with van der Waals surface area (Å²) >= 11 is 10.5. The predicted octanol–water partition coefficient (Wildman–Crippen LogP) is 6.19. The molecule has 0 aliphatic carbocycles. The smallest absolute Gasteiger partial charge is 0.338 e. The van der Waals surface area contributed by atoms with Gasteiger partial charge in [0.1, 0.15) is 0 Å². The minimum atomic E-state index is -4.30. The first-order valence-electron chi connectivity index (χ1n) is 11.4. The number of hydrogen-bond donors (Lipinski definition) is 2. The van der Waals surface area contributed by atoms with Crippen LogP contribution in [-0.4, -0.2) is 48.9 Å². The summed E-state index contributed by atoms with van der Waals surface area (Å²) in [6.45, 7) is 6.16. The minimum absolute atomic E-state index is 0.0963. The van der Waals surface area contributed by atoms with Crippen LogP contribution in [-0.2, 0) is 11.2 Å². The van der Waals surface area contributed by atoms with Crippen molar-refractivity contribution in [3.8, 4) is 0 Å². The molecule has 9 heteroatoms. The average Bonchev–Trinajstić information content (AvgIpc) is 2.77. The van der Waals surface area contributed by atoms with Gasteiger partial charge in [-0.2, -0.15) is 13.2 Å². The lowest BCUT2D eigenvalue weighted by atomic mass is 10.0. The molecule has 4 nitrogen and oxygen atoms in total. The molecule has 33 heavy (non-hydrogen) atoms. The molecule has 1 amide bonds. The number of halogens is 4. The van der Waals surface area contributed by atoms with Gasteiger partial charge in [-0.05, 0) is 50.4 Å². The zero-order valence-corrected chi connectivity index (χ0v) is 20.9. The molecule has 2 rings (SSSR count). The molecule has 1 saturated heterocycles. The summed E-state index contributed by atoms with van der Waals surface area (Å²) in [7, 11) is 0. The van der Waals surface area contributed by atoms with Crippen molar-refractivity contribution in [1.82, 2.24) is 10.2 Å². The Morgan fingerprint density at radius 3 is 2.61 bits per heavy atom. The molecule has 1 aliphatic heterocycles. The van der Waals surface area contributed by atoms with Gasteiger partial charge in [-0.1, -0.05) is 43.9 Å². The molecule has 1 aromatic carbocycles. The number of unbranched alkanes of at least 4 members (excludes halogenated alkanes) is 3. The van der Waals surface area contributed by atoms with Crippen LogP contribution in [0, 0.1) is 0 Å². The Labute approximate surface area is 205 Å². The Bertz CT molecular complexity index is 850. The van der Waals surface area contributed by atoms with E-state index in [0.29, 0.717) is 30.4 Å². The summed E-state index contributed by atoms with van der Waals surface area (Å²) in [5.41, 5.74) is 0.841. The number of aliphatic imine (C=N–C) groups is 1. The van der Waals surface area contributed by atoms with Crippen LogP contribution in [0.3, 0.4) is 0 Å². The zero-order valence-electron chi connectivity index (χ0n) is 19.2. The summed E-state index contributed by atoms with van der Waals surface area (Å²) in [6.07, 6.45) is 2.72. The second-order valence-corrected chi connectivity index (χ2v) is 9.28. The Hall–Kier alpha value is -1.51. The number of thiol groups is 1. The lowest BCUT2D eigenvalue weighted by molar-refractivity contribution is -0.128. The standard InChI is InChI=1S/C24H33ClF3N3OS/c1-3-4-5-6-11-29-20-9-12-31(13-10-20)23(32)22(33)17(2)30-16-19-14-18(7-8-21(19)25)15-24(26,27)28/h7-8,14,16,20,29,33H,3-6,9-13,15H2,1-2H3/b22-17-,30-16?. The molecule has 184 valence electrons. The third-order valence-corrected chi connectivity index (χ3v) is 6.51. The van der Waals surface area contributed by atoms with Gasteiger partial charge in [0.15, 0.2) is 0 Å². The largest absolute Gasteiger partial charge is 0.393 e. The van der Waals surface area contributed by atoms with Gasteiger partial charge in [0.2, 0.25) is 0 Å². The molecule has 0 radical (unpaired) electrons. The third kappa shape index (κ3) is 9.71. The highest BCUT2D eigenvalue weighted by Crippen LogP contribution is 2.24. The van der Waals surface area contributed by atoms with Gasteiger partial charge in [-0.25, -0.2) is 0 Å². The maximum Gasteiger partial charge on any atom is 0.393 e. The highest BCUT2D eigenvalue weighted by atomic mass is 35.5. The highest BCUT2D eigenvalue weighted by molar-refractivity contribution is 7.85. The topological polar surface area (TPSA) is 44.7 Å². The van der Waals surface area contributed by atoms with Crippen molar-refractivity contribution in [2.24, 2.45) is 4.99 Å². The summed E-state index contributed by atoms with van der Waals surface area (Å²) in [5, 5.41) is 3.86. The van der Waals surface area contributed by atoms with Gasteiger partial charge in [-0.3, -0.25) is 9.79 Å². The van der Waals surface area contributed by atoms with E-state index in [9.17, 15) is 18.0 Å².